The second kappa shape index (κ2) is 6.46. The molecule has 2 aromatic rings. The zero-order valence-electron chi connectivity index (χ0n) is 13.5. The molecule has 0 saturated carbocycles. The maximum absolute atomic E-state index is 12.1. The molecule has 2 heterocycles. The van der Waals surface area contributed by atoms with Crippen LogP contribution in [0.3, 0.4) is 0 Å². The van der Waals surface area contributed by atoms with Crippen molar-refractivity contribution in [2.75, 3.05) is 0 Å². The SMILES string of the molecule is CCn1cccc1/C=C1\SC(=Nc2ccc(C)cc2C)NC1=O. The van der Waals surface area contributed by atoms with Gasteiger partial charge in [0.25, 0.3) is 5.91 Å². The lowest BCUT2D eigenvalue weighted by atomic mass is 10.1. The number of amides is 1. The molecule has 1 amide bonds. The van der Waals surface area contributed by atoms with E-state index in [1.807, 2.05) is 43.5 Å². The Morgan fingerprint density at radius 2 is 2.13 bits per heavy atom. The lowest BCUT2D eigenvalue weighted by Crippen LogP contribution is -2.19. The standard InChI is InChI=1S/C18H19N3OS/c1-4-21-9-5-6-14(21)11-16-17(22)20-18(23-16)19-15-8-7-12(2)10-13(15)3/h5-11H,4H2,1-3H3,(H,19,20,22)/b16-11-. The highest BCUT2D eigenvalue weighted by atomic mass is 32.2. The summed E-state index contributed by atoms with van der Waals surface area (Å²) in [6.07, 6.45) is 3.92. The maximum Gasteiger partial charge on any atom is 0.264 e. The average molecular weight is 325 g/mol. The van der Waals surface area contributed by atoms with Crippen LogP contribution in [0.2, 0.25) is 0 Å². The van der Waals surface area contributed by atoms with E-state index in [1.54, 1.807) is 0 Å². The Morgan fingerprint density at radius 1 is 1.30 bits per heavy atom. The minimum absolute atomic E-state index is 0.0950. The van der Waals surface area contributed by atoms with Gasteiger partial charge in [0.2, 0.25) is 0 Å². The number of nitrogens with one attached hydrogen (secondary N) is 1. The van der Waals surface area contributed by atoms with Crippen molar-refractivity contribution >= 4 is 34.6 Å². The van der Waals surface area contributed by atoms with Crippen LogP contribution in [0.4, 0.5) is 5.69 Å². The van der Waals surface area contributed by atoms with Crippen LogP contribution in [-0.4, -0.2) is 15.6 Å². The Labute approximate surface area is 140 Å². The van der Waals surface area contributed by atoms with Crippen LogP contribution in [-0.2, 0) is 11.3 Å². The Bertz CT molecular complexity index is 817. The molecule has 5 heteroatoms. The second-order valence-corrected chi connectivity index (χ2v) is 6.52. The van der Waals surface area contributed by atoms with Crippen LogP contribution >= 0.6 is 11.8 Å². The van der Waals surface area contributed by atoms with Crippen LogP contribution in [0, 0.1) is 13.8 Å². The molecule has 1 N–H and O–H groups in total. The third-order valence-corrected chi connectivity index (χ3v) is 4.62. The van der Waals surface area contributed by atoms with Gasteiger partial charge in [0, 0.05) is 18.4 Å². The number of aromatic nitrogens is 1. The number of nitrogens with zero attached hydrogens (tertiary/aromatic N) is 2. The van der Waals surface area contributed by atoms with E-state index in [9.17, 15) is 4.79 Å². The van der Waals surface area contributed by atoms with E-state index < -0.39 is 0 Å². The third kappa shape index (κ3) is 3.40. The molecular weight excluding hydrogens is 306 g/mol. The van der Waals surface area contributed by atoms with Gasteiger partial charge < -0.3 is 9.88 Å². The molecule has 1 fully saturated rings. The molecule has 1 saturated heterocycles. The fraction of sp³-hybridized carbons (Fsp3) is 0.222. The Morgan fingerprint density at radius 3 is 2.87 bits per heavy atom. The highest BCUT2D eigenvalue weighted by molar-refractivity contribution is 8.18. The first-order valence-corrected chi connectivity index (χ1v) is 8.40. The second-order valence-electron chi connectivity index (χ2n) is 5.49. The van der Waals surface area contributed by atoms with Crippen molar-refractivity contribution in [2.24, 2.45) is 4.99 Å². The molecule has 118 valence electrons. The predicted octanol–water partition coefficient (Wildman–Crippen LogP) is 4.02. The van der Waals surface area contributed by atoms with Crippen LogP contribution < -0.4 is 5.32 Å². The van der Waals surface area contributed by atoms with Gasteiger partial charge in [-0.05, 0) is 62.4 Å². The molecule has 4 nitrogen and oxygen atoms in total. The van der Waals surface area contributed by atoms with Crippen LogP contribution in [0.1, 0.15) is 23.7 Å². The molecule has 0 aliphatic carbocycles. The number of hydrogen-bond acceptors (Lipinski definition) is 3. The topological polar surface area (TPSA) is 46.4 Å². The summed E-state index contributed by atoms with van der Waals surface area (Å²) >= 11 is 1.38. The zero-order chi connectivity index (χ0) is 16.4. The van der Waals surface area contributed by atoms with Crippen LogP contribution in [0.15, 0.2) is 46.4 Å². The minimum atomic E-state index is -0.0950. The molecule has 0 unspecified atom stereocenters. The Hall–Kier alpha value is -2.27. The first-order chi connectivity index (χ1) is 11.1. The van der Waals surface area contributed by atoms with E-state index in [0.29, 0.717) is 10.1 Å². The zero-order valence-corrected chi connectivity index (χ0v) is 14.3. The molecule has 1 aliphatic heterocycles. The molecule has 0 spiro atoms. The normalized spacial score (nSPS) is 18.0. The molecule has 3 rings (SSSR count). The Kier molecular flexibility index (Phi) is 4.39. The number of carbonyl (C=O) groups excluding carboxylic acids is 1. The molecule has 0 atom stereocenters. The number of rotatable bonds is 3. The summed E-state index contributed by atoms with van der Waals surface area (Å²) in [7, 11) is 0. The number of carbonyl (C=O) groups is 1. The molecule has 0 bridgehead atoms. The van der Waals surface area contributed by atoms with Crippen molar-refractivity contribution in [3.8, 4) is 0 Å². The maximum atomic E-state index is 12.1. The lowest BCUT2D eigenvalue weighted by molar-refractivity contribution is -0.115. The van der Waals surface area contributed by atoms with Crippen molar-refractivity contribution in [3.05, 3.63) is 58.3 Å². The van der Waals surface area contributed by atoms with Crippen molar-refractivity contribution in [1.29, 1.82) is 0 Å². The summed E-state index contributed by atoms with van der Waals surface area (Å²) < 4.78 is 2.10. The largest absolute Gasteiger partial charge is 0.348 e. The first-order valence-electron chi connectivity index (χ1n) is 7.59. The quantitative estimate of drug-likeness (QED) is 0.867. The number of hydrogen-bond donors (Lipinski definition) is 1. The number of aryl methyl sites for hydroxylation is 3. The van der Waals surface area contributed by atoms with E-state index in [2.05, 4.69) is 34.8 Å². The number of thioether (sulfide) groups is 1. The summed E-state index contributed by atoms with van der Waals surface area (Å²) in [5.74, 6) is -0.0950. The van der Waals surface area contributed by atoms with E-state index in [0.717, 1.165) is 23.5 Å². The highest BCUT2D eigenvalue weighted by Crippen LogP contribution is 2.29. The first kappa shape index (κ1) is 15.6. The van der Waals surface area contributed by atoms with Crippen molar-refractivity contribution in [1.82, 2.24) is 9.88 Å². The van der Waals surface area contributed by atoms with Gasteiger partial charge in [0.1, 0.15) is 0 Å². The van der Waals surface area contributed by atoms with Crippen molar-refractivity contribution < 1.29 is 4.79 Å². The van der Waals surface area contributed by atoms with E-state index in [-0.39, 0.29) is 5.91 Å². The fourth-order valence-electron chi connectivity index (χ4n) is 2.50. The van der Waals surface area contributed by atoms with Gasteiger partial charge in [-0.2, -0.15) is 0 Å². The van der Waals surface area contributed by atoms with E-state index in [4.69, 9.17) is 0 Å². The van der Waals surface area contributed by atoms with Crippen LogP contribution in [0.25, 0.3) is 6.08 Å². The fourth-order valence-corrected chi connectivity index (χ4v) is 3.32. The molecule has 1 aromatic carbocycles. The molecule has 1 aromatic heterocycles. The molecular formula is C18H19N3OS. The predicted molar refractivity (Wildman–Crippen MR) is 96.8 cm³/mol. The molecule has 23 heavy (non-hydrogen) atoms. The summed E-state index contributed by atoms with van der Waals surface area (Å²) in [6.45, 7) is 7.04. The lowest BCUT2D eigenvalue weighted by Gasteiger charge is -2.02. The molecule has 1 aliphatic rings. The van der Waals surface area contributed by atoms with Crippen LogP contribution in [0.5, 0.6) is 0 Å². The van der Waals surface area contributed by atoms with Gasteiger partial charge >= 0.3 is 0 Å². The van der Waals surface area contributed by atoms with Gasteiger partial charge in [-0.1, -0.05) is 17.7 Å². The van der Waals surface area contributed by atoms with Gasteiger partial charge in [0.05, 0.1) is 10.6 Å². The summed E-state index contributed by atoms with van der Waals surface area (Å²) in [4.78, 5) is 17.4. The van der Waals surface area contributed by atoms with Gasteiger partial charge in [-0.15, -0.1) is 0 Å². The summed E-state index contributed by atoms with van der Waals surface area (Å²) in [6, 6.07) is 10.1. The number of aliphatic imine (C=N–C) groups is 1. The smallest absolute Gasteiger partial charge is 0.264 e. The highest BCUT2D eigenvalue weighted by Gasteiger charge is 2.24. The summed E-state index contributed by atoms with van der Waals surface area (Å²) in [5.41, 5.74) is 4.22. The average Bonchev–Trinajstić information content (AvgIpc) is 3.09. The van der Waals surface area contributed by atoms with Crippen molar-refractivity contribution in [2.45, 2.75) is 27.3 Å². The van der Waals surface area contributed by atoms with Gasteiger partial charge in [0.15, 0.2) is 5.17 Å². The van der Waals surface area contributed by atoms with Crippen molar-refractivity contribution in [3.63, 3.8) is 0 Å². The monoisotopic (exact) mass is 325 g/mol. The summed E-state index contributed by atoms with van der Waals surface area (Å²) in [5, 5.41) is 3.47. The van der Waals surface area contributed by atoms with E-state index >= 15 is 0 Å². The Balaban J connectivity index is 1.86. The minimum Gasteiger partial charge on any atom is -0.348 e. The number of benzene rings is 1. The number of amidine groups is 1. The van der Waals surface area contributed by atoms with Gasteiger partial charge in [-0.3, -0.25) is 4.79 Å². The molecule has 0 radical (unpaired) electrons. The third-order valence-electron chi connectivity index (χ3n) is 3.71. The van der Waals surface area contributed by atoms with E-state index in [1.165, 1.54) is 17.3 Å². The van der Waals surface area contributed by atoms with Gasteiger partial charge in [-0.25, -0.2) is 4.99 Å².